The molecule has 0 radical (unpaired) electrons. The van der Waals surface area contributed by atoms with Crippen molar-refractivity contribution in [2.75, 3.05) is 6.61 Å². The molecule has 0 aliphatic rings. The summed E-state index contributed by atoms with van der Waals surface area (Å²) in [6, 6.07) is 4.38. The van der Waals surface area contributed by atoms with Crippen molar-refractivity contribution in [2.24, 2.45) is 5.73 Å². The van der Waals surface area contributed by atoms with Crippen molar-refractivity contribution in [1.29, 1.82) is 0 Å². The minimum atomic E-state index is -0.409. The maximum atomic E-state index is 13.4. The topological polar surface area (TPSA) is 61.3 Å². The standard InChI is InChI=1S/C10H11FN2O2/c1-6(12)5-14-10-9-7(11)3-2-4-8(9)15-13-10/h2-4,6H,5,12H2,1H3. The van der Waals surface area contributed by atoms with E-state index in [1.807, 2.05) is 0 Å². The third-order valence-electron chi connectivity index (χ3n) is 1.90. The smallest absolute Gasteiger partial charge is 0.265 e. The van der Waals surface area contributed by atoms with Crippen molar-refractivity contribution in [2.45, 2.75) is 13.0 Å². The lowest BCUT2D eigenvalue weighted by molar-refractivity contribution is 0.268. The average Bonchev–Trinajstić information content (AvgIpc) is 2.59. The summed E-state index contributed by atoms with van der Waals surface area (Å²) in [6.45, 7) is 2.06. The molecule has 1 aromatic carbocycles. The van der Waals surface area contributed by atoms with E-state index in [0.29, 0.717) is 5.58 Å². The Hall–Kier alpha value is -1.62. The summed E-state index contributed by atoms with van der Waals surface area (Å²) in [5.74, 6) is -0.256. The Kier molecular flexibility index (Phi) is 2.55. The average molecular weight is 210 g/mol. The van der Waals surface area contributed by atoms with E-state index in [4.69, 9.17) is 15.0 Å². The molecule has 80 valence electrons. The molecule has 2 aromatic rings. The Bertz CT molecular complexity index is 467. The number of ether oxygens (including phenoxy) is 1. The van der Waals surface area contributed by atoms with E-state index < -0.39 is 5.82 Å². The summed E-state index contributed by atoms with van der Waals surface area (Å²) < 4.78 is 23.5. The van der Waals surface area contributed by atoms with Crippen LogP contribution in [-0.4, -0.2) is 17.8 Å². The molecule has 0 fully saturated rings. The molecule has 0 saturated carbocycles. The molecule has 15 heavy (non-hydrogen) atoms. The number of halogens is 1. The molecule has 1 atom stereocenters. The number of hydrogen-bond acceptors (Lipinski definition) is 4. The van der Waals surface area contributed by atoms with Crippen LogP contribution in [0.4, 0.5) is 4.39 Å². The van der Waals surface area contributed by atoms with Gasteiger partial charge in [0, 0.05) is 6.04 Å². The molecule has 0 aliphatic heterocycles. The van der Waals surface area contributed by atoms with Crippen LogP contribution < -0.4 is 10.5 Å². The van der Waals surface area contributed by atoms with Crippen LogP contribution in [0.15, 0.2) is 22.7 Å². The van der Waals surface area contributed by atoms with Crippen molar-refractivity contribution < 1.29 is 13.7 Å². The molecule has 5 heteroatoms. The minimum absolute atomic E-state index is 0.136. The van der Waals surface area contributed by atoms with Gasteiger partial charge in [-0.05, 0) is 24.2 Å². The van der Waals surface area contributed by atoms with Crippen LogP contribution in [0, 0.1) is 5.82 Å². The summed E-state index contributed by atoms with van der Waals surface area (Å²) >= 11 is 0. The number of benzene rings is 1. The number of aromatic nitrogens is 1. The maximum absolute atomic E-state index is 13.4. The highest BCUT2D eigenvalue weighted by Gasteiger charge is 2.13. The van der Waals surface area contributed by atoms with Crippen molar-refractivity contribution in [3.8, 4) is 5.88 Å². The largest absolute Gasteiger partial charge is 0.473 e. The highest BCUT2D eigenvalue weighted by Crippen LogP contribution is 2.27. The first-order chi connectivity index (χ1) is 7.18. The van der Waals surface area contributed by atoms with Gasteiger partial charge in [-0.2, -0.15) is 0 Å². The van der Waals surface area contributed by atoms with Gasteiger partial charge in [-0.1, -0.05) is 6.07 Å². The highest BCUT2D eigenvalue weighted by atomic mass is 19.1. The summed E-state index contributed by atoms with van der Waals surface area (Å²) in [7, 11) is 0. The molecule has 2 N–H and O–H groups in total. The fraction of sp³-hybridized carbons (Fsp3) is 0.300. The van der Waals surface area contributed by atoms with Gasteiger partial charge in [0.25, 0.3) is 5.88 Å². The number of nitrogens with two attached hydrogens (primary N) is 1. The SMILES string of the molecule is CC(N)COc1noc2cccc(F)c12. The van der Waals surface area contributed by atoms with E-state index in [2.05, 4.69) is 5.16 Å². The molecule has 4 nitrogen and oxygen atoms in total. The normalized spacial score (nSPS) is 13.0. The predicted molar refractivity (Wildman–Crippen MR) is 53.1 cm³/mol. The molecule has 0 spiro atoms. The van der Waals surface area contributed by atoms with Crippen LogP contribution in [0.2, 0.25) is 0 Å². The Morgan fingerprint density at radius 3 is 3.13 bits per heavy atom. The third-order valence-corrected chi connectivity index (χ3v) is 1.90. The van der Waals surface area contributed by atoms with Gasteiger partial charge in [0.05, 0.1) is 0 Å². The molecular weight excluding hydrogens is 199 g/mol. The first-order valence-electron chi connectivity index (χ1n) is 4.61. The Balaban J connectivity index is 2.35. The van der Waals surface area contributed by atoms with E-state index in [1.54, 1.807) is 19.1 Å². The van der Waals surface area contributed by atoms with E-state index in [-0.39, 0.29) is 23.9 Å². The Morgan fingerprint density at radius 1 is 1.60 bits per heavy atom. The maximum Gasteiger partial charge on any atom is 0.265 e. The second kappa shape index (κ2) is 3.86. The predicted octanol–water partition coefficient (Wildman–Crippen LogP) is 1.69. The second-order valence-corrected chi connectivity index (χ2v) is 3.39. The lowest BCUT2D eigenvalue weighted by atomic mass is 10.2. The molecule has 0 saturated heterocycles. The zero-order valence-corrected chi connectivity index (χ0v) is 8.24. The Morgan fingerprint density at radius 2 is 2.40 bits per heavy atom. The van der Waals surface area contributed by atoms with Gasteiger partial charge in [-0.25, -0.2) is 4.39 Å². The second-order valence-electron chi connectivity index (χ2n) is 3.39. The first kappa shape index (κ1) is 9.92. The molecule has 0 amide bonds. The van der Waals surface area contributed by atoms with Crippen molar-refractivity contribution in [3.63, 3.8) is 0 Å². The van der Waals surface area contributed by atoms with Crippen LogP contribution >= 0.6 is 0 Å². The van der Waals surface area contributed by atoms with Crippen LogP contribution in [0.25, 0.3) is 11.0 Å². The number of rotatable bonds is 3. The Labute approximate surface area is 85.8 Å². The van der Waals surface area contributed by atoms with E-state index in [0.717, 1.165) is 0 Å². The monoisotopic (exact) mass is 210 g/mol. The zero-order valence-electron chi connectivity index (χ0n) is 8.24. The van der Waals surface area contributed by atoms with E-state index in [1.165, 1.54) is 6.07 Å². The summed E-state index contributed by atoms with van der Waals surface area (Å²) in [5.41, 5.74) is 5.88. The van der Waals surface area contributed by atoms with Crippen molar-refractivity contribution in [3.05, 3.63) is 24.0 Å². The zero-order chi connectivity index (χ0) is 10.8. The van der Waals surface area contributed by atoms with Gasteiger partial charge >= 0.3 is 0 Å². The van der Waals surface area contributed by atoms with Crippen molar-refractivity contribution >= 4 is 11.0 Å². The van der Waals surface area contributed by atoms with Crippen LogP contribution in [0.1, 0.15) is 6.92 Å². The molecule has 1 heterocycles. The van der Waals surface area contributed by atoms with Gasteiger partial charge in [0.15, 0.2) is 5.58 Å². The number of nitrogens with zero attached hydrogens (tertiary/aromatic N) is 1. The van der Waals surface area contributed by atoms with Gasteiger partial charge in [0.1, 0.15) is 17.8 Å². The molecule has 0 aliphatic carbocycles. The fourth-order valence-corrected chi connectivity index (χ4v) is 1.23. The summed E-state index contributed by atoms with van der Waals surface area (Å²) in [6.07, 6.45) is 0. The molecule has 1 unspecified atom stereocenters. The van der Waals surface area contributed by atoms with Gasteiger partial charge in [-0.3, -0.25) is 0 Å². The van der Waals surface area contributed by atoms with Crippen LogP contribution in [0.5, 0.6) is 5.88 Å². The van der Waals surface area contributed by atoms with Crippen LogP contribution in [0.3, 0.4) is 0 Å². The van der Waals surface area contributed by atoms with E-state index >= 15 is 0 Å². The summed E-state index contributed by atoms with van der Waals surface area (Å²) in [4.78, 5) is 0. The van der Waals surface area contributed by atoms with E-state index in [9.17, 15) is 4.39 Å². The number of fused-ring (bicyclic) bond motifs is 1. The lowest BCUT2D eigenvalue weighted by Gasteiger charge is -2.04. The van der Waals surface area contributed by atoms with Crippen LogP contribution in [-0.2, 0) is 0 Å². The van der Waals surface area contributed by atoms with Crippen molar-refractivity contribution in [1.82, 2.24) is 5.16 Å². The number of hydrogen-bond donors (Lipinski definition) is 1. The molecule has 1 aromatic heterocycles. The highest BCUT2D eigenvalue weighted by molar-refractivity contribution is 5.82. The third kappa shape index (κ3) is 1.92. The van der Waals surface area contributed by atoms with Gasteiger partial charge in [0.2, 0.25) is 0 Å². The lowest BCUT2D eigenvalue weighted by Crippen LogP contribution is -2.23. The molecule has 2 rings (SSSR count). The first-order valence-corrected chi connectivity index (χ1v) is 4.61. The summed E-state index contributed by atoms with van der Waals surface area (Å²) in [5, 5.41) is 3.90. The molecule has 0 bridgehead atoms. The van der Waals surface area contributed by atoms with Gasteiger partial charge < -0.3 is 15.0 Å². The fourth-order valence-electron chi connectivity index (χ4n) is 1.23. The van der Waals surface area contributed by atoms with Gasteiger partial charge in [-0.15, -0.1) is 0 Å². The quantitative estimate of drug-likeness (QED) is 0.837. The molecular formula is C10H11FN2O2. The minimum Gasteiger partial charge on any atom is -0.473 e.